The van der Waals surface area contributed by atoms with Gasteiger partial charge in [0.2, 0.25) is 0 Å². The van der Waals surface area contributed by atoms with E-state index in [2.05, 4.69) is 12.2 Å². The summed E-state index contributed by atoms with van der Waals surface area (Å²) < 4.78 is 5.19. The van der Waals surface area contributed by atoms with Gasteiger partial charge >= 0.3 is 0 Å². The van der Waals surface area contributed by atoms with Crippen LogP contribution in [-0.2, 0) is 4.79 Å². The van der Waals surface area contributed by atoms with Crippen molar-refractivity contribution in [2.24, 2.45) is 5.41 Å². The molecule has 3 nitrogen and oxygen atoms in total. The maximum Gasteiger partial charge on any atom is 0.138 e. The van der Waals surface area contributed by atoms with Crippen molar-refractivity contribution in [1.82, 2.24) is 0 Å². The molecule has 1 heterocycles. The molecule has 3 heteroatoms. The maximum atomic E-state index is 11.8. The van der Waals surface area contributed by atoms with Crippen molar-refractivity contribution in [3.63, 3.8) is 0 Å². The Labute approximate surface area is 159 Å². The molecule has 26 heavy (non-hydrogen) atoms. The molecule has 0 aromatic carbocycles. The molecule has 0 bridgehead atoms. The first-order chi connectivity index (χ1) is 12.4. The summed E-state index contributed by atoms with van der Waals surface area (Å²) in [6, 6.07) is 3.63. The van der Waals surface area contributed by atoms with E-state index < -0.39 is 6.10 Å². The maximum absolute atomic E-state index is 11.8. The van der Waals surface area contributed by atoms with Gasteiger partial charge in [-0.1, -0.05) is 58.6 Å². The van der Waals surface area contributed by atoms with Gasteiger partial charge in [0.1, 0.15) is 17.6 Å². The lowest BCUT2D eigenvalue weighted by Crippen LogP contribution is -2.19. The summed E-state index contributed by atoms with van der Waals surface area (Å²) in [5.41, 5.74) is -0.177. The number of carbonyl (C=O) groups excluding carboxylic acids is 1. The topological polar surface area (TPSA) is 50.4 Å². The second-order valence-corrected chi connectivity index (χ2v) is 8.27. The summed E-state index contributed by atoms with van der Waals surface area (Å²) in [6.45, 7) is 6.01. The normalized spacial score (nSPS) is 13.4. The van der Waals surface area contributed by atoms with Crippen molar-refractivity contribution in [2.75, 3.05) is 0 Å². The second-order valence-electron chi connectivity index (χ2n) is 8.27. The van der Waals surface area contributed by atoms with Crippen molar-refractivity contribution in [3.8, 4) is 0 Å². The van der Waals surface area contributed by atoms with Crippen LogP contribution >= 0.6 is 0 Å². The highest BCUT2D eigenvalue weighted by Gasteiger charge is 2.19. The van der Waals surface area contributed by atoms with E-state index in [4.69, 9.17) is 4.42 Å². The predicted octanol–water partition coefficient (Wildman–Crippen LogP) is 6.78. The van der Waals surface area contributed by atoms with Crippen LogP contribution in [0.4, 0.5) is 0 Å². The molecule has 1 atom stereocenters. The minimum absolute atomic E-state index is 0.177. The van der Waals surface area contributed by atoms with Gasteiger partial charge in [-0.05, 0) is 50.7 Å². The Morgan fingerprint density at radius 3 is 2.27 bits per heavy atom. The van der Waals surface area contributed by atoms with Gasteiger partial charge in [-0.3, -0.25) is 4.79 Å². The van der Waals surface area contributed by atoms with E-state index in [0.29, 0.717) is 11.5 Å². The third-order valence-electron chi connectivity index (χ3n) is 4.75. The summed E-state index contributed by atoms with van der Waals surface area (Å²) in [5.74, 6) is 1.05. The fraction of sp³-hybridized carbons (Fsp3) is 0.696. The molecule has 0 aliphatic carbocycles. The molecule has 1 unspecified atom stereocenters. The quantitative estimate of drug-likeness (QED) is 0.293. The van der Waals surface area contributed by atoms with E-state index in [0.717, 1.165) is 38.5 Å². The van der Waals surface area contributed by atoms with Crippen LogP contribution in [0, 0.1) is 5.41 Å². The molecule has 0 fully saturated rings. The van der Waals surface area contributed by atoms with Gasteiger partial charge in [0, 0.05) is 11.8 Å². The van der Waals surface area contributed by atoms with Gasteiger partial charge in [0.25, 0.3) is 0 Å². The van der Waals surface area contributed by atoms with Gasteiger partial charge in [-0.15, -0.1) is 0 Å². The lowest BCUT2D eigenvalue weighted by molar-refractivity contribution is -0.126. The van der Waals surface area contributed by atoms with Crippen LogP contribution in [-0.4, -0.2) is 10.9 Å². The molecule has 0 spiro atoms. The smallest absolute Gasteiger partial charge is 0.138 e. The fourth-order valence-corrected chi connectivity index (χ4v) is 2.92. The molecule has 0 amide bonds. The molecule has 1 rings (SSSR count). The van der Waals surface area contributed by atoms with E-state index in [9.17, 15) is 9.90 Å². The van der Waals surface area contributed by atoms with Crippen LogP contribution in [0.2, 0.25) is 0 Å². The van der Waals surface area contributed by atoms with Crippen molar-refractivity contribution in [1.29, 1.82) is 0 Å². The van der Waals surface area contributed by atoms with Gasteiger partial charge in [-0.25, -0.2) is 0 Å². The zero-order valence-electron chi connectivity index (χ0n) is 17.0. The fourth-order valence-electron chi connectivity index (χ4n) is 2.92. The average molecular weight is 363 g/mol. The van der Waals surface area contributed by atoms with E-state index in [1.54, 1.807) is 6.26 Å². The Morgan fingerprint density at radius 1 is 1.04 bits per heavy atom. The summed E-state index contributed by atoms with van der Waals surface area (Å²) >= 11 is 0. The van der Waals surface area contributed by atoms with Crippen molar-refractivity contribution in [3.05, 3.63) is 36.3 Å². The lowest BCUT2D eigenvalue weighted by atomic mass is 9.88. The first-order valence-electron chi connectivity index (χ1n) is 10.3. The number of allylic oxidation sites excluding steroid dienone is 2. The lowest BCUT2D eigenvalue weighted by Gasteiger charge is -2.16. The number of hydrogen-bond donors (Lipinski definition) is 1. The molecule has 1 aromatic rings. The Hall–Kier alpha value is -1.35. The van der Waals surface area contributed by atoms with Gasteiger partial charge in [0.15, 0.2) is 0 Å². The molecule has 0 aliphatic heterocycles. The summed E-state index contributed by atoms with van der Waals surface area (Å²) in [4.78, 5) is 11.8. The third-order valence-corrected chi connectivity index (χ3v) is 4.75. The highest BCUT2D eigenvalue weighted by Crippen LogP contribution is 2.20. The first-order valence-corrected chi connectivity index (χ1v) is 10.3. The van der Waals surface area contributed by atoms with E-state index in [-0.39, 0.29) is 5.41 Å². The molecule has 0 aliphatic rings. The molecule has 1 N–H and O–H groups in total. The van der Waals surface area contributed by atoms with Crippen LogP contribution in [0.5, 0.6) is 0 Å². The Bertz CT molecular complexity index is 494. The van der Waals surface area contributed by atoms with E-state index in [1.807, 2.05) is 32.9 Å². The van der Waals surface area contributed by atoms with Crippen LogP contribution in [0.1, 0.15) is 103 Å². The third kappa shape index (κ3) is 10.6. The van der Waals surface area contributed by atoms with Crippen LogP contribution in [0.25, 0.3) is 0 Å². The summed E-state index contributed by atoms with van der Waals surface area (Å²) in [6.07, 6.45) is 17.5. The number of aliphatic hydroxyl groups is 1. The number of unbranched alkanes of at least 4 members (excludes halogenated alkanes) is 7. The van der Waals surface area contributed by atoms with Crippen molar-refractivity contribution < 1.29 is 14.3 Å². The van der Waals surface area contributed by atoms with Crippen LogP contribution in [0.15, 0.2) is 35.0 Å². The highest BCUT2D eigenvalue weighted by molar-refractivity contribution is 5.83. The number of furan rings is 1. The number of rotatable bonds is 14. The van der Waals surface area contributed by atoms with Crippen molar-refractivity contribution in [2.45, 2.75) is 97.5 Å². The Morgan fingerprint density at radius 2 is 1.65 bits per heavy atom. The van der Waals surface area contributed by atoms with Gasteiger partial charge in [0.05, 0.1) is 6.26 Å². The molecule has 0 saturated carbocycles. The number of Topliss-reactive ketones (excluding diaryl/α,β-unsaturated/α-hetero) is 1. The van der Waals surface area contributed by atoms with Gasteiger partial charge < -0.3 is 9.52 Å². The first kappa shape index (κ1) is 22.7. The molecular weight excluding hydrogens is 324 g/mol. The number of ketones is 1. The molecule has 0 saturated heterocycles. The monoisotopic (exact) mass is 362 g/mol. The molecule has 148 valence electrons. The highest BCUT2D eigenvalue weighted by atomic mass is 16.4. The zero-order valence-corrected chi connectivity index (χ0v) is 17.0. The largest absolute Gasteiger partial charge is 0.467 e. The molecular formula is C23H38O3. The van der Waals surface area contributed by atoms with Crippen LogP contribution < -0.4 is 0 Å². The second kappa shape index (κ2) is 12.9. The van der Waals surface area contributed by atoms with Gasteiger partial charge in [-0.2, -0.15) is 0 Å². The van der Waals surface area contributed by atoms with E-state index >= 15 is 0 Å². The van der Waals surface area contributed by atoms with E-state index in [1.165, 1.54) is 32.1 Å². The Balaban J connectivity index is 1.87. The molecule has 0 radical (unpaired) electrons. The van der Waals surface area contributed by atoms with Crippen LogP contribution in [0.3, 0.4) is 0 Å². The number of carbonyl (C=O) groups is 1. The summed E-state index contributed by atoms with van der Waals surface area (Å²) in [5, 5.41) is 9.90. The predicted molar refractivity (Wildman–Crippen MR) is 108 cm³/mol. The summed E-state index contributed by atoms with van der Waals surface area (Å²) in [7, 11) is 0. The average Bonchev–Trinajstić information content (AvgIpc) is 3.12. The minimum Gasteiger partial charge on any atom is -0.467 e. The zero-order chi connectivity index (χ0) is 19.3. The van der Waals surface area contributed by atoms with Crippen molar-refractivity contribution >= 4 is 5.78 Å². The number of aliphatic hydroxyl groups excluding tert-OH is 1. The standard InChI is InChI=1S/C23H38O3/c1-23(2,3)22(25)18-14-12-10-8-6-4-5-7-9-11-13-16-20(24)21-17-15-19-26-21/h7,9,15,17,19-20,24H,4-6,8,10-14,16,18H2,1-3H3/b9-7-. The Kier molecular flexibility index (Phi) is 11.3. The SMILES string of the molecule is CC(C)(C)C(=O)CCCCCCCC/C=C\CCCC(O)c1ccco1. The molecule has 1 aromatic heterocycles. The minimum atomic E-state index is -0.475. The number of hydrogen-bond acceptors (Lipinski definition) is 3.